The van der Waals surface area contributed by atoms with Crippen LogP contribution in [-0.2, 0) is 23.9 Å². The first kappa shape index (κ1) is 24.4. The second-order valence-electron chi connectivity index (χ2n) is 6.91. The van der Waals surface area contributed by atoms with E-state index in [1.165, 1.54) is 11.1 Å². The minimum absolute atomic E-state index is 0.0256. The number of nitrogens with two attached hydrogens (primary N) is 1. The highest BCUT2D eigenvalue weighted by atomic mass is 32.1. The van der Waals surface area contributed by atoms with E-state index in [4.69, 9.17) is 20.7 Å². The smallest absolute Gasteiger partial charge is 0.322 e. The molecule has 0 spiro atoms. The van der Waals surface area contributed by atoms with Crippen molar-refractivity contribution < 1.29 is 34.1 Å². The fraction of sp³-hybridized carbons (Fsp3) is 0.400. The number of rotatable bonds is 9. The van der Waals surface area contributed by atoms with E-state index in [0.29, 0.717) is 12.2 Å². The second kappa shape index (κ2) is 11.5. The number of carbonyl (C=O) groups excluding carboxylic acids is 2. The zero-order chi connectivity index (χ0) is 23.0. The maximum absolute atomic E-state index is 11.5. The Kier molecular flexibility index (Phi) is 9.03. The van der Waals surface area contributed by atoms with E-state index in [1.54, 1.807) is 0 Å². The van der Waals surface area contributed by atoms with Crippen LogP contribution in [0.2, 0.25) is 0 Å². The van der Waals surface area contributed by atoms with Gasteiger partial charge in [-0.25, -0.2) is 0 Å². The van der Waals surface area contributed by atoms with Crippen molar-refractivity contribution in [1.82, 2.24) is 10.6 Å². The summed E-state index contributed by atoms with van der Waals surface area (Å²) in [4.78, 5) is 43.7. The molecule has 1 aliphatic carbocycles. The summed E-state index contributed by atoms with van der Waals surface area (Å²) >= 11 is 3.87. The highest BCUT2D eigenvalue weighted by Crippen LogP contribution is 2.44. The Labute approximate surface area is 184 Å². The molecule has 6 N–H and O–H groups in total. The molecule has 1 aliphatic heterocycles. The number of aliphatic carboxylic acids is 2. The topological polar surface area (TPSA) is 171 Å². The van der Waals surface area contributed by atoms with Crippen LogP contribution in [0.3, 0.4) is 0 Å². The van der Waals surface area contributed by atoms with E-state index < -0.39 is 42.4 Å². The number of thiol groups is 1. The van der Waals surface area contributed by atoms with Crippen LogP contribution in [-0.4, -0.2) is 64.5 Å². The number of carboxylic acid groups (broad SMARTS) is 2. The maximum Gasteiger partial charge on any atom is 0.322 e. The Morgan fingerprint density at radius 2 is 1.90 bits per heavy atom. The van der Waals surface area contributed by atoms with Crippen LogP contribution in [0.25, 0.3) is 6.08 Å². The summed E-state index contributed by atoms with van der Waals surface area (Å²) in [7, 11) is 0. The Bertz CT molecular complexity index is 861. The number of carboxylic acids is 2. The monoisotopic (exact) mass is 451 g/mol. The molecule has 11 heteroatoms. The van der Waals surface area contributed by atoms with Gasteiger partial charge in [0.15, 0.2) is 0 Å². The first-order chi connectivity index (χ1) is 14.7. The SMILES string of the molecule is C1=CC2OC2c2ccccc21.N[C@@H](CCC(=O)N[C@@H](CS)C(=O)NCC(=O)O)C(=O)O. The van der Waals surface area contributed by atoms with Crippen molar-refractivity contribution in [3.05, 3.63) is 41.5 Å². The van der Waals surface area contributed by atoms with E-state index in [9.17, 15) is 19.2 Å². The fourth-order valence-electron chi connectivity index (χ4n) is 2.80. The van der Waals surface area contributed by atoms with Gasteiger partial charge < -0.3 is 31.3 Å². The third-order valence-electron chi connectivity index (χ3n) is 4.54. The van der Waals surface area contributed by atoms with Crippen LogP contribution in [0.5, 0.6) is 0 Å². The third-order valence-corrected chi connectivity index (χ3v) is 4.91. The van der Waals surface area contributed by atoms with E-state index in [1.807, 2.05) is 0 Å². The van der Waals surface area contributed by atoms with Gasteiger partial charge in [-0.05, 0) is 17.5 Å². The van der Waals surface area contributed by atoms with Gasteiger partial charge in [-0.3, -0.25) is 19.2 Å². The summed E-state index contributed by atoms with van der Waals surface area (Å²) in [5, 5.41) is 21.4. The lowest BCUT2D eigenvalue weighted by molar-refractivity contribution is -0.139. The summed E-state index contributed by atoms with van der Waals surface area (Å²) in [5.74, 6) is -3.70. The number of amides is 2. The van der Waals surface area contributed by atoms with Crippen LogP contribution in [0.4, 0.5) is 0 Å². The molecule has 1 fully saturated rings. The zero-order valence-electron chi connectivity index (χ0n) is 16.6. The van der Waals surface area contributed by atoms with Gasteiger partial charge in [0.25, 0.3) is 0 Å². The fourth-order valence-corrected chi connectivity index (χ4v) is 3.05. The summed E-state index contributed by atoms with van der Waals surface area (Å²) in [6, 6.07) is 6.25. The van der Waals surface area contributed by atoms with E-state index in [-0.39, 0.29) is 18.6 Å². The van der Waals surface area contributed by atoms with Crippen LogP contribution < -0.4 is 16.4 Å². The number of benzene rings is 1. The quantitative estimate of drug-likeness (QED) is 0.224. The molecule has 31 heavy (non-hydrogen) atoms. The van der Waals surface area contributed by atoms with Gasteiger partial charge in [0.05, 0.1) is 0 Å². The van der Waals surface area contributed by atoms with Gasteiger partial charge in [0.2, 0.25) is 11.8 Å². The van der Waals surface area contributed by atoms with E-state index in [0.717, 1.165) is 0 Å². The molecule has 0 saturated carbocycles. The molecular formula is C20H25N3O7S. The Morgan fingerprint density at radius 3 is 2.55 bits per heavy atom. The Morgan fingerprint density at radius 1 is 1.19 bits per heavy atom. The summed E-state index contributed by atoms with van der Waals surface area (Å²) in [5.41, 5.74) is 7.89. The number of hydrogen-bond acceptors (Lipinski definition) is 7. The molecule has 2 amide bonds. The largest absolute Gasteiger partial charge is 0.480 e. The number of epoxide rings is 1. The number of hydrogen-bond donors (Lipinski definition) is 6. The van der Waals surface area contributed by atoms with E-state index in [2.05, 4.69) is 59.7 Å². The lowest BCUT2D eigenvalue weighted by Gasteiger charge is -2.16. The molecule has 3 rings (SSSR count). The van der Waals surface area contributed by atoms with Crippen molar-refractivity contribution in [2.45, 2.75) is 37.1 Å². The summed E-state index contributed by atoms with van der Waals surface area (Å²) in [6.45, 7) is -0.567. The second-order valence-corrected chi connectivity index (χ2v) is 7.27. The molecule has 1 aromatic rings. The molecule has 1 heterocycles. The highest BCUT2D eigenvalue weighted by Gasteiger charge is 2.40. The molecule has 1 aromatic carbocycles. The van der Waals surface area contributed by atoms with Crippen LogP contribution in [0.1, 0.15) is 30.1 Å². The molecule has 10 nitrogen and oxygen atoms in total. The standard InChI is InChI=1S/C10H17N3O6S.C10H8O/c11-5(10(18)19)1-2-7(14)13-6(4-20)9(17)12-3-8(15)16;1-2-4-8-7(3-1)5-6-9-10(8)11-9/h5-6,20H,1-4,11H2,(H,12,17)(H,13,14)(H,15,16)(H,18,19);1-6,9-10H/t5-,6-;/m0./s1. The van der Waals surface area contributed by atoms with Gasteiger partial charge in [-0.15, -0.1) is 0 Å². The first-order valence-electron chi connectivity index (χ1n) is 9.53. The maximum atomic E-state index is 11.5. The average Bonchev–Trinajstić information content (AvgIpc) is 3.55. The minimum atomic E-state index is -1.22. The average molecular weight is 452 g/mol. The van der Waals surface area contributed by atoms with E-state index >= 15 is 0 Å². The molecule has 2 aliphatic rings. The van der Waals surface area contributed by atoms with Crippen LogP contribution in [0.15, 0.2) is 30.3 Å². The van der Waals surface area contributed by atoms with Crippen molar-refractivity contribution in [3.8, 4) is 0 Å². The van der Waals surface area contributed by atoms with Crippen molar-refractivity contribution in [2.75, 3.05) is 12.3 Å². The predicted octanol–water partition coefficient (Wildman–Crippen LogP) is -0.0528. The van der Waals surface area contributed by atoms with Crippen molar-refractivity contribution in [1.29, 1.82) is 0 Å². The third kappa shape index (κ3) is 7.70. The van der Waals surface area contributed by atoms with Gasteiger partial charge in [-0.1, -0.05) is 36.4 Å². The minimum Gasteiger partial charge on any atom is -0.480 e. The first-order valence-corrected chi connectivity index (χ1v) is 10.2. The molecule has 0 bridgehead atoms. The van der Waals surface area contributed by atoms with Gasteiger partial charge >= 0.3 is 11.9 Å². The molecule has 2 unspecified atom stereocenters. The van der Waals surface area contributed by atoms with Crippen molar-refractivity contribution >= 4 is 42.5 Å². The summed E-state index contributed by atoms with van der Waals surface area (Å²) in [6.07, 6.45) is 4.79. The molecular weight excluding hydrogens is 426 g/mol. The number of nitrogens with one attached hydrogen (secondary N) is 2. The van der Waals surface area contributed by atoms with Crippen LogP contribution in [0, 0.1) is 0 Å². The van der Waals surface area contributed by atoms with Gasteiger partial charge in [0.1, 0.15) is 30.8 Å². The van der Waals surface area contributed by atoms with Crippen LogP contribution >= 0.6 is 12.6 Å². The molecule has 1 saturated heterocycles. The number of fused-ring (bicyclic) bond motifs is 3. The number of ether oxygens (including phenoxy) is 1. The summed E-state index contributed by atoms with van der Waals surface area (Å²) < 4.78 is 5.42. The van der Waals surface area contributed by atoms with Crippen molar-refractivity contribution in [2.24, 2.45) is 5.73 Å². The predicted molar refractivity (Wildman–Crippen MR) is 114 cm³/mol. The highest BCUT2D eigenvalue weighted by molar-refractivity contribution is 7.80. The lowest BCUT2D eigenvalue weighted by Crippen LogP contribution is -2.49. The Hall–Kier alpha value is -2.89. The molecule has 0 radical (unpaired) electrons. The normalized spacial score (nSPS) is 19.4. The van der Waals surface area contributed by atoms with Gasteiger partial charge in [0, 0.05) is 12.2 Å². The van der Waals surface area contributed by atoms with Crippen molar-refractivity contribution in [3.63, 3.8) is 0 Å². The zero-order valence-corrected chi connectivity index (χ0v) is 17.5. The lowest BCUT2D eigenvalue weighted by atomic mass is 9.98. The molecule has 0 aromatic heterocycles. The molecule has 168 valence electrons. The Balaban J connectivity index is 0.000000254. The molecule has 4 atom stereocenters. The van der Waals surface area contributed by atoms with Gasteiger partial charge in [-0.2, -0.15) is 12.6 Å². The number of carbonyl (C=O) groups is 4.